The molecule has 0 fully saturated rings. The smallest absolute Gasteiger partial charge is 0.273 e. The lowest BCUT2D eigenvalue weighted by Gasteiger charge is -2.15. The summed E-state index contributed by atoms with van der Waals surface area (Å²) in [5.74, 6) is 0. The molecule has 1 N–H and O–H groups in total. The topological polar surface area (TPSA) is 68.1 Å². The van der Waals surface area contributed by atoms with Crippen LogP contribution in [-0.2, 0) is 0 Å². The number of benzene rings is 1. The van der Waals surface area contributed by atoms with Crippen molar-refractivity contribution in [2.75, 3.05) is 5.32 Å². The Morgan fingerprint density at radius 1 is 1.45 bits per heavy atom. The summed E-state index contributed by atoms with van der Waals surface area (Å²) in [5.41, 5.74) is 1.57. The molecule has 0 spiro atoms. The monoisotopic (exact) mass is 355 g/mol. The van der Waals surface area contributed by atoms with Crippen molar-refractivity contribution in [2.24, 2.45) is 0 Å². The molecular formula is C13H14BrN3O2S. The van der Waals surface area contributed by atoms with Gasteiger partial charge in [0, 0.05) is 32.9 Å². The van der Waals surface area contributed by atoms with Crippen LogP contribution in [0.4, 0.5) is 11.4 Å². The second-order valence-corrected chi connectivity index (χ2v) is 6.67. The summed E-state index contributed by atoms with van der Waals surface area (Å²) in [5, 5.41) is 15.2. The van der Waals surface area contributed by atoms with E-state index in [2.05, 4.69) is 26.2 Å². The van der Waals surface area contributed by atoms with E-state index >= 15 is 0 Å². The van der Waals surface area contributed by atoms with E-state index in [-0.39, 0.29) is 16.7 Å². The van der Waals surface area contributed by atoms with E-state index in [1.165, 1.54) is 6.07 Å². The molecule has 1 atom stereocenters. The highest BCUT2D eigenvalue weighted by molar-refractivity contribution is 9.10. The molecular weight excluding hydrogens is 342 g/mol. The van der Waals surface area contributed by atoms with Gasteiger partial charge >= 0.3 is 0 Å². The van der Waals surface area contributed by atoms with Crippen LogP contribution in [-0.4, -0.2) is 9.91 Å². The second kappa shape index (κ2) is 5.88. The fourth-order valence-corrected chi connectivity index (χ4v) is 3.07. The van der Waals surface area contributed by atoms with E-state index in [1.807, 2.05) is 20.0 Å². The number of aromatic nitrogens is 1. The average molecular weight is 356 g/mol. The highest BCUT2D eigenvalue weighted by Gasteiger charge is 2.16. The molecule has 0 aliphatic heterocycles. The predicted molar refractivity (Wildman–Crippen MR) is 84.4 cm³/mol. The van der Waals surface area contributed by atoms with Crippen LogP contribution < -0.4 is 5.32 Å². The first-order chi connectivity index (χ1) is 9.38. The standard InChI is InChI=1S/C13H14BrN3O2S/c1-7-4-11(10(14)5-12(7)17(18)19)16-9(3)13-15-6-8(2)20-13/h4-6,9,16H,1-3H3. The van der Waals surface area contributed by atoms with Gasteiger partial charge in [-0.25, -0.2) is 4.98 Å². The maximum atomic E-state index is 10.9. The molecule has 106 valence electrons. The summed E-state index contributed by atoms with van der Waals surface area (Å²) in [4.78, 5) is 16.0. The summed E-state index contributed by atoms with van der Waals surface area (Å²) in [6.45, 7) is 5.76. The van der Waals surface area contributed by atoms with Gasteiger partial charge in [0.25, 0.3) is 5.69 Å². The van der Waals surface area contributed by atoms with Gasteiger partial charge in [-0.3, -0.25) is 10.1 Å². The van der Waals surface area contributed by atoms with Crippen molar-refractivity contribution >= 4 is 38.6 Å². The first-order valence-electron chi connectivity index (χ1n) is 6.02. The lowest BCUT2D eigenvalue weighted by Crippen LogP contribution is -2.07. The Bertz CT molecular complexity index is 657. The molecule has 1 heterocycles. The van der Waals surface area contributed by atoms with Gasteiger partial charge in [-0.1, -0.05) is 0 Å². The SMILES string of the molecule is Cc1cnc(C(C)Nc2cc(C)c([N+](=O)[O-])cc2Br)s1. The van der Waals surface area contributed by atoms with Crippen LogP contribution in [0, 0.1) is 24.0 Å². The molecule has 7 heteroatoms. The molecule has 5 nitrogen and oxygen atoms in total. The van der Waals surface area contributed by atoms with E-state index in [0.717, 1.165) is 15.6 Å². The molecule has 0 amide bonds. The number of aryl methyl sites for hydroxylation is 2. The van der Waals surface area contributed by atoms with Crippen molar-refractivity contribution in [3.63, 3.8) is 0 Å². The molecule has 1 aromatic heterocycles. The maximum absolute atomic E-state index is 10.9. The van der Waals surface area contributed by atoms with E-state index in [4.69, 9.17) is 0 Å². The van der Waals surface area contributed by atoms with Crippen molar-refractivity contribution in [2.45, 2.75) is 26.8 Å². The van der Waals surface area contributed by atoms with Crippen LogP contribution in [0.5, 0.6) is 0 Å². The Morgan fingerprint density at radius 3 is 2.70 bits per heavy atom. The van der Waals surface area contributed by atoms with Crippen molar-refractivity contribution in [3.8, 4) is 0 Å². The van der Waals surface area contributed by atoms with Crippen LogP contribution in [0.3, 0.4) is 0 Å². The number of rotatable bonds is 4. The quantitative estimate of drug-likeness (QED) is 0.642. The van der Waals surface area contributed by atoms with E-state index in [9.17, 15) is 10.1 Å². The molecule has 0 radical (unpaired) electrons. The van der Waals surface area contributed by atoms with Crippen LogP contribution in [0.25, 0.3) is 0 Å². The third-order valence-electron chi connectivity index (χ3n) is 2.86. The van der Waals surface area contributed by atoms with Crippen LogP contribution >= 0.6 is 27.3 Å². The number of nitro groups is 1. The third-order valence-corrected chi connectivity index (χ3v) is 4.62. The van der Waals surface area contributed by atoms with Crippen molar-refractivity contribution in [3.05, 3.63) is 48.4 Å². The van der Waals surface area contributed by atoms with Gasteiger partial charge in [-0.2, -0.15) is 0 Å². The zero-order chi connectivity index (χ0) is 14.9. The molecule has 0 aliphatic rings. The molecule has 0 saturated heterocycles. The van der Waals surface area contributed by atoms with Gasteiger partial charge in [-0.05, 0) is 42.8 Å². The third kappa shape index (κ3) is 3.16. The van der Waals surface area contributed by atoms with Crippen molar-refractivity contribution < 1.29 is 4.92 Å². The zero-order valence-corrected chi connectivity index (χ0v) is 13.7. The molecule has 2 aromatic rings. The summed E-state index contributed by atoms with van der Waals surface area (Å²) >= 11 is 5.01. The second-order valence-electron chi connectivity index (χ2n) is 4.55. The fourth-order valence-electron chi connectivity index (χ4n) is 1.85. The van der Waals surface area contributed by atoms with E-state index < -0.39 is 0 Å². The Balaban J connectivity index is 2.25. The minimum absolute atomic E-state index is 0.0471. The minimum atomic E-state index is -0.377. The molecule has 1 unspecified atom stereocenters. The van der Waals surface area contributed by atoms with Crippen molar-refractivity contribution in [1.82, 2.24) is 4.98 Å². The lowest BCUT2D eigenvalue weighted by molar-refractivity contribution is -0.385. The summed E-state index contributed by atoms with van der Waals surface area (Å²) < 4.78 is 0.676. The maximum Gasteiger partial charge on any atom is 0.273 e. The number of halogens is 1. The van der Waals surface area contributed by atoms with Crippen molar-refractivity contribution in [1.29, 1.82) is 0 Å². The van der Waals surface area contributed by atoms with Gasteiger partial charge in [0.05, 0.1) is 11.0 Å². The fraction of sp³-hybridized carbons (Fsp3) is 0.308. The number of nitrogens with zero attached hydrogens (tertiary/aromatic N) is 2. The highest BCUT2D eigenvalue weighted by atomic mass is 79.9. The van der Waals surface area contributed by atoms with Gasteiger partial charge in [-0.15, -0.1) is 11.3 Å². The Labute approximate surface area is 129 Å². The zero-order valence-electron chi connectivity index (χ0n) is 11.3. The van der Waals surface area contributed by atoms with E-state index in [0.29, 0.717) is 10.0 Å². The normalized spacial score (nSPS) is 12.2. The van der Waals surface area contributed by atoms with E-state index in [1.54, 1.807) is 24.3 Å². The summed E-state index contributed by atoms with van der Waals surface area (Å²) in [6, 6.07) is 3.35. The number of nitro benzene ring substituents is 1. The Hall–Kier alpha value is -1.47. The number of hydrogen-bond donors (Lipinski definition) is 1. The van der Waals surface area contributed by atoms with Crippen LogP contribution in [0.1, 0.15) is 28.4 Å². The Morgan fingerprint density at radius 2 is 2.15 bits per heavy atom. The van der Waals surface area contributed by atoms with Gasteiger partial charge in [0.2, 0.25) is 0 Å². The predicted octanol–water partition coefficient (Wildman–Crippen LogP) is 4.60. The summed E-state index contributed by atoms with van der Waals surface area (Å²) in [6.07, 6.45) is 1.84. The number of anilines is 1. The number of hydrogen-bond acceptors (Lipinski definition) is 5. The van der Waals surface area contributed by atoms with Gasteiger partial charge in [0.1, 0.15) is 5.01 Å². The van der Waals surface area contributed by atoms with Crippen LogP contribution in [0.2, 0.25) is 0 Å². The first-order valence-corrected chi connectivity index (χ1v) is 7.63. The number of thiazole rings is 1. The highest BCUT2D eigenvalue weighted by Crippen LogP contribution is 2.33. The van der Waals surface area contributed by atoms with Gasteiger partial charge < -0.3 is 5.32 Å². The minimum Gasteiger partial charge on any atom is -0.375 e. The number of nitrogens with one attached hydrogen (secondary N) is 1. The van der Waals surface area contributed by atoms with Crippen LogP contribution in [0.15, 0.2) is 22.8 Å². The average Bonchev–Trinajstić information content (AvgIpc) is 2.79. The molecule has 1 aromatic carbocycles. The molecule has 20 heavy (non-hydrogen) atoms. The Kier molecular flexibility index (Phi) is 4.39. The summed E-state index contributed by atoms with van der Waals surface area (Å²) in [7, 11) is 0. The molecule has 0 aliphatic carbocycles. The lowest BCUT2D eigenvalue weighted by atomic mass is 10.1. The van der Waals surface area contributed by atoms with Gasteiger partial charge in [0.15, 0.2) is 0 Å². The molecule has 0 saturated carbocycles. The molecule has 0 bridgehead atoms. The molecule has 2 rings (SSSR count). The first kappa shape index (κ1) is 14.9. The largest absolute Gasteiger partial charge is 0.375 e.